The number of nitrogens with zero attached hydrogens (tertiary/aromatic N) is 1. The topological polar surface area (TPSA) is 32.3 Å². The first-order valence-corrected chi connectivity index (χ1v) is 7.58. The van der Waals surface area contributed by atoms with Crippen molar-refractivity contribution in [1.82, 2.24) is 10.2 Å². The van der Waals surface area contributed by atoms with Crippen LogP contribution in [0.15, 0.2) is 54.7 Å². The lowest BCUT2D eigenvalue weighted by molar-refractivity contribution is 0.196. The number of rotatable bonds is 2. The van der Waals surface area contributed by atoms with Gasteiger partial charge in [-0.3, -0.25) is 0 Å². The summed E-state index contributed by atoms with van der Waals surface area (Å²) in [4.78, 5) is 14.1. The largest absolute Gasteiger partial charge is 0.321 e. The third-order valence-corrected chi connectivity index (χ3v) is 4.08. The third kappa shape index (κ3) is 3.19. The number of carbonyl (C=O) groups excluding carboxylic acids is 1. The van der Waals surface area contributed by atoms with Gasteiger partial charge in [0.2, 0.25) is 0 Å². The van der Waals surface area contributed by atoms with E-state index in [2.05, 4.69) is 36.5 Å². The maximum Gasteiger partial charge on any atom is 0.321 e. The van der Waals surface area contributed by atoms with E-state index in [1.54, 1.807) is 6.20 Å². The number of fused-ring (bicyclic) bond motifs is 1. The molecule has 0 fully saturated rings. The van der Waals surface area contributed by atoms with Crippen LogP contribution in [0.1, 0.15) is 22.3 Å². The number of urea groups is 1. The van der Waals surface area contributed by atoms with Crippen molar-refractivity contribution in [1.29, 1.82) is 0 Å². The molecule has 1 N–H and O–H groups in total. The predicted molar refractivity (Wildman–Crippen MR) is 89.3 cm³/mol. The van der Waals surface area contributed by atoms with Crippen LogP contribution in [-0.2, 0) is 13.0 Å². The Kier molecular flexibility index (Phi) is 4.24. The van der Waals surface area contributed by atoms with Crippen LogP contribution in [-0.4, -0.2) is 17.5 Å². The van der Waals surface area contributed by atoms with Crippen LogP contribution in [0.3, 0.4) is 0 Å². The van der Waals surface area contributed by atoms with Crippen molar-refractivity contribution in [2.45, 2.75) is 19.9 Å². The summed E-state index contributed by atoms with van der Waals surface area (Å²) in [6.07, 6.45) is 4.58. The lowest BCUT2D eigenvalue weighted by atomic mass is 10.0. The van der Waals surface area contributed by atoms with E-state index in [0.29, 0.717) is 6.54 Å². The first-order valence-electron chi connectivity index (χ1n) is 7.58. The first kappa shape index (κ1) is 14.4. The maximum atomic E-state index is 12.2. The lowest BCUT2D eigenvalue weighted by Crippen LogP contribution is -2.40. The molecule has 1 aliphatic heterocycles. The van der Waals surface area contributed by atoms with Crippen LogP contribution >= 0.6 is 0 Å². The minimum absolute atomic E-state index is 0.0423. The molecule has 3 nitrogen and oxygen atoms in total. The molecule has 2 aromatic rings. The van der Waals surface area contributed by atoms with Gasteiger partial charge in [0.1, 0.15) is 0 Å². The van der Waals surface area contributed by atoms with Gasteiger partial charge in [0.15, 0.2) is 0 Å². The van der Waals surface area contributed by atoms with Gasteiger partial charge in [0, 0.05) is 19.3 Å². The van der Waals surface area contributed by atoms with E-state index in [0.717, 1.165) is 18.5 Å². The number of nitrogens with one attached hydrogen (secondary N) is 1. The number of benzene rings is 2. The molecular weight excluding hydrogens is 272 g/mol. The molecule has 0 bridgehead atoms. The maximum absolute atomic E-state index is 12.2. The van der Waals surface area contributed by atoms with Crippen LogP contribution in [0.25, 0.3) is 6.08 Å². The molecule has 0 saturated heterocycles. The van der Waals surface area contributed by atoms with E-state index < -0.39 is 0 Å². The van der Waals surface area contributed by atoms with Crippen molar-refractivity contribution in [3.63, 3.8) is 0 Å². The molecule has 0 saturated carbocycles. The minimum atomic E-state index is -0.0423. The zero-order valence-corrected chi connectivity index (χ0v) is 12.8. The molecule has 0 aromatic heterocycles. The van der Waals surface area contributed by atoms with Gasteiger partial charge in [-0.2, -0.15) is 0 Å². The van der Waals surface area contributed by atoms with E-state index in [4.69, 9.17) is 0 Å². The third-order valence-electron chi connectivity index (χ3n) is 4.08. The second-order valence-electron chi connectivity index (χ2n) is 5.58. The zero-order valence-electron chi connectivity index (χ0n) is 12.8. The fourth-order valence-corrected chi connectivity index (χ4v) is 2.74. The summed E-state index contributed by atoms with van der Waals surface area (Å²) >= 11 is 0. The van der Waals surface area contributed by atoms with E-state index >= 15 is 0 Å². The van der Waals surface area contributed by atoms with Crippen molar-refractivity contribution in [2.75, 3.05) is 6.54 Å². The molecule has 2 amide bonds. The van der Waals surface area contributed by atoms with E-state index in [1.807, 2.05) is 35.2 Å². The number of hydrogen-bond donors (Lipinski definition) is 1. The Morgan fingerprint density at radius 3 is 2.64 bits per heavy atom. The van der Waals surface area contributed by atoms with Gasteiger partial charge < -0.3 is 10.2 Å². The predicted octanol–water partition coefficient (Wildman–Crippen LogP) is 3.73. The molecule has 3 heteroatoms. The van der Waals surface area contributed by atoms with Crippen LogP contribution in [0.5, 0.6) is 0 Å². The van der Waals surface area contributed by atoms with Crippen molar-refractivity contribution in [3.05, 3.63) is 77.0 Å². The van der Waals surface area contributed by atoms with Crippen molar-refractivity contribution >= 4 is 12.1 Å². The Bertz CT molecular complexity index is 706. The number of hydrogen-bond acceptors (Lipinski definition) is 1. The molecule has 112 valence electrons. The van der Waals surface area contributed by atoms with Gasteiger partial charge in [0.25, 0.3) is 0 Å². The van der Waals surface area contributed by atoms with Gasteiger partial charge >= 0.3 is 6.03 Å². The second kappa shape index (κ2) is 6.48. The Balaban J connectivity index is 1.60. The molecule has 0 aliphatic carbocycles. The lowest BCUT2D eigenvalue weighted by Gasteiger charge is -2.28. The molecule has 0 unspecified atom stereocenters. The molecule has 2 aromatic carbocycles. The SMILES string of the molecule is Cc1ccccc1/C=C/NC(=O)N1CCc2ccccc2C1. The van der Waals surface area contributed by atoms with Gasteiger partial charge in [-0.15, -0.1) is 0 Å². The Labute approximate surface area is 131 Å². The molecule has 0 radical (unpaired) electrons. The average Bonchev–Trinajstić information content (AvgIpc) is 2.56. The highest BCUT2D eigenvalue weighted by atomic mass is 16.2. The number of amides is 2. The van der Waals surface area contributed by atoms with Gasteiger partial charge in [-0.05, 0) is 41.7 Å². The summed E-state index contributed by atoms with van der Waals surface area (Å²) in [6.45, 7) is 3.50. The van der Waals surface area contributed by atoms with E-state index in [-0.39, 0.29) is 6.03 Å². The summed E-state index contributed by atoms with van der Waals surface area (Å²) in [5.41, 5.74) is 4.90. The van der Waals surface area contributed by atoms with E-state index in [1.165, 1.54) is 16.7 Å². The summed E-state index contributed by atoms with van der Waals surface area (Å²) in [6, 6.07) is 16.4. The van der Waals surface area contributed by atoms with Gasteiger partial charge in [0.05, 0.1) is 0 Å². The minimum Gasteiger partial charge on any atom is -0.320 e. The molecule has 0 atom stereocenters. The van der Waals surface area contributed by atoms with Gasteiger partial charge in [-0.1, -0.05) is 48.5 Å². The second-order valence-corrected chi connectivity index (χ2v) is 5.58. The van der Waals surface area contributed by atoms with Crippen molar-refractivity contribution < 1.29 is 4.79 Å². The van der Waals surface area contributed by atoms with Crippen LogP contribution < -0.4 is 5.32 Å². The Hall–Kier alpha value is -2.55. The monoisotopic (exact) mass is 292 g/mol. The molecule has 1 aliphatic rings. The molecule has 1 heterocycles. The summed E-state index contributed by atoms with van der Waals surface area (Å²) in [5, 5.41) is 2.87. The van der Waals surface area contributed by atoms with Crippen molar-refractivity contribution in [3.8, 4) is 0 Å². The summed E-state index contributed by atoms with van der Waals surface area (Å²) < 4.78 is 0. The number of carbonyl (C=O) groups is 1. The number of aryl methyl sites for hydroxylation is 1. The van der Waals surface area contributed by atoms with Crippen LogP contribution in [0, 0.1) is 6.92 Å². The van der Waals surface area contributed by atoms with Crippen LogP contribution in [0.2, 0.25) is 0 Å². The molecule has 0 spiro atoms. The summed E-state index contributed by atoms with van der Waals surface area (Å²) in [5.74, 6) is 0. The Morgan fingerprint density at radius 1 is 1.09 bits per heavy atom. The fourth-order valence-electron chi connectivity index (χ4n) is 2.74. The standard InChI is InChI=1S/C19H20N2O/c1-15-6-2-3-7-16(15)10-12-20-19(22)21-13-11-17-8-4-5-9-18(17)14-21/h2-10,12H,11,13-14H2,1H3,(H,20,22)/b12-10+. The van der Waals surface area contributed by atoms with Crippen molar-refractivity contribution in [2.24, 2.45) is 0 Å². The molecule has 3 rings (SSSR count). The highest BCUT2D eigenvalue weighted by molar-refractivity contribution is 5.76. The average molecular weight is 292 g/mol. The van der Waals surface area contributed by atoms with Crippen LogP contribution in [0.4, 0.5) is 4.79 Å². The fraction of sp³-hybridized carbons (Fsp3) is 0.211. The van der Waals surface area contributed by atoms with E-state index in [9.17, 15) is 4.79 Å². The summed E-state index contributed by atoms with van der Waals surface area (Å²) in [7, 11) is 0. The normalized spacial score (nSPS) is 14.0. The molecular formula is C19H20N2O. The highest BCUT2D eigenvalue weighted by Gasteiger charge is 2.19. The Morgan fingerprint density at radius 2 is 1.82 bits per heavy atom. The zero-order chi connectivity index (χ0) is 15.4. The molecule has 22 heavy (non-hydrogen) atoms. The highest BCUT2D eigenvalue weighted by Crippen LogP contribution is 2.18. The first-order chi connectivity index (χ1) is 10.7. The van der Waals surface area contributed by atoms with Gasteiger partial charge in [-0.25, -0.2) is 4.79 Å². The quantitative estimate of drug-likeness (QED) is 0.898. The smallest absolute Gasteiger partial charge is 0.320 e.